The smallest absolute Gasteiger partial charge is 0.224 e. The molecule has 0 aromatic heterocycles. The van der Waals surface area contributed by atoms with Gasteiger partial charge in [0.2, 0.25) is 5.91 Å². The van der Waals surface area contributed by atoms with E-state index in [0.29, 0.717) is 12.3 Å². The fourth-order valence-electron chi connectivity index (χ4n) is 3.11. The Morgan fingerprint density at radius 1 is 1.08 bits per heavy atom. The predicted molar refractivity (Wildman–Crippen MR) is 100 cm³/mol. The molecule has 1 fully saturated rings. The summed E-state index contributed by atoms with van der Waals surface area (Å²) in [4.78, 5) is 16.9. The Balaban J connectivity index is 1.61. The number of rotatable bonds is 8. The first-order valence-electron chi connectivity index (χ1n) is 9.28. The van der Waals surface area contributed by atoms with Crippen LogP contribution >= 0.6 is 0 Å². The number of likely N-dealkylation sites (N-methyl/N-ethyl adjacent to an activating group) is 1. The monoisotopic (exact) mass is 331 g/mol. The lowest BCUT2D eigenvalue weighted by molar-refractivity contribution is -0.120. The molecule has 134 valence electrons. The van der Waals surface area contributed by atoms with Gasteiger partial charge in [0.05, 0.1) is 6.42 Å². The Bertz CT molecular complexity index is 490. The van der Waals surface area contributed by atoms with Gasteiger partial charge in [0.25, 0.3) is 0 Å². The number of hydrogen-bond donors (Lipinski definition) is 1. The Morgan fingerprint density at radius 3 is 2.33 bits per heavy atom. The van der Waals surface area contributed by atoms with Crippen LogP contribution in [0.2, 0.25) is 0 Å². The van der Waals surface area contributed by atoms with Crippen LogP contribution in [0, 0.1) is 5.92 Å². The van der Waals surface area contributed by atoms with Crippen molar-refractivity contribution in [2.45, 2.75) is 33.1 Å². The third kappa shape index (κ3) is 7.02. The Kier molecular flexibility index (Phi) is 7.73. The first kappa shape index (κ1) is 18.9. The van der Waals surface area contributed by atoms with Gasteiger partial charge in [-0.2, -0.15) is 0 Å². The lowest BCUT2D eigenvalue weighted by Gasteiger charge is -2.32. The molecule has 1 aliphatic heterocycles. The third-order valence-corrected chi connectivity index (χ3v) is 4.60. The molecule has 0 bridgehead atoms. The maximum atomic E-state index is 12.0. The van der Waals surface area contributed by atoms with Gasteiger partial charge in [-0.15, -0.1) is 0 Å². The zero-order valence-electron chi connectivity index (χ0n) is 15.6. The lowest BCUT2D eigenvalue weighted by Crippen LogP contribution is -2.45. The summed E-state index contributed by atoms with van der Waals surface area (Å²) in [6, 6.07) is 8.47. The van der Waals surface area contributed by atoms with Crippen molar-refractivity contribution in [1.82, 2.24) is 15.1 Å². The largest absolute Gasteiger partial charge is 0.356 e. The molecule has 24 heavy (non-hydrogen) atoms. The van der Waals surface area contributed by atoms with Crippen LogP contribution in [0.3, 0.4) is 0 Å². The van der Waals surface area contributed by atoms with Crippen LogP contribution < -0.4 is 5.32 Å². The quantitative estimate of drug-likeness (QED) is 0.742. The number of nitrogens with zero attached hydrogens (tertiary/aromatic N) is 2. The number of amides is 1. The van der Waals surface area contributed by atoms with Gasteiger partial charge in [0, 0.05) is 32.7 Å². The predicted octanol–water partition coefficient (Wildman–Crippen LogP) is 2.18. The van der Waals surface area contributed by atoms with E-state index in [-0.39, 0.29) is 5.91 Å². The van der Waals surface area contributed by atoms with Gasteiger partial charge in [-0.05, 0) is 43.5 Å². The van der Waals surface area contributed by atoms with Crippen LogP contribution in [-0.4, -0.2) is 62.0 Å². The van der Waals surface area contributed by atoms with Crippen LogP contribution in [-0.2, 0) is 17.6 Å². The van der Waals surface area contributed by atoms with Crippen molar-refractivity contribution in [3.8, 4) is 0 Å². The summed E-state index contributed by atoms with van der Waals surface area (Å²) in [5.74, 6) is 0.796. The number of carbonyl (C=O) groups is 1. The summed E-state index contributed by atoms with van der Waals surface area (Å²) in [5, 5.41) is 3.05. The van der Waals surface area contributed by atoms with Crippen molar-refractivity contribution in [2.24, 2.45) is 5.92 Å². The molecule has 1 saturated heterocycles. The SMILES string of the molecule is CC(C)Cc1ccc(CC(=O)NCCCN2CCN(C)CC2)cc1. The van der Waals surface area contributed by atoms with Gasteiger partial charge in [0.1, 0.15) is 0 Å². The maximum Gasteiger partial charge on any atom is 0.224 e. The molecular formula is C20H33N3O. The fourth-order valence-corrected chi connectivity index (χ4v) is 3.11. The number of carbonyl (C=O) groups excluding carboxylic acids is 1. The topological polar surface area (TPSA) is 35.6 Å². The molecule has 1 aromatic rings. The average Bonchev–Trinajstić information content (AvgIpc) is 2.55. The zero-order valence-corrected chi connectivity index (χ0v) is 15.6. The molecule has 1 aromatic carbocycles. The summed E-state index contributed by atoms with van der Waals surface area (Å²) in [5.41, 5.74) is 2.44. The van der Waals surface area contributed by atoms with E-state index >= 15 is 0 Å². The first-order valence-corrected chi connectivity index (χ1v) is 9.28. The highest BCUT2D eigenvalue weighted by Crippen LogP contribution is 2.10. The molecule has 0 atom stereocenters. The maximum absolute atomic E-state index is 12.0. The van der Waals surface area contributed by atoms with Gasteiger partial charge in [-0.3, -0.25) is 4.79 Å². The summed E-state index contributed by atoms with van der Waals surface area (Å²) in [7, 11) is 2.17. The van der Waals surface area contributed by atoms with Crippen LogP contribution in [0.5, 0.6) is 0 Å². The minimum absolute atomic E-state index is 0.130. The average molecular weight is 332 g/mol. The van der Waals surface area contributed by atoms with Crippen LogP contribution in [0.25, 0.3) is 0 Å². The number of piperazine rings is 1. The van der Waals surface area contributed by atoms with E-state index in [1.165, 1.54) is 5.56 Å². The summed E-state index contributed by atoms with van der Waals surface area (Å²) in [6.45, 7) is 10.9. The minimum atomic E-state index is 0.130. The van der Waals surface area contributed by atoms with Crippen molar-refractivity contribution < 1.29 is 4.79 Å². The molecule has 0 aliphatic carbocycles. The van der Waals surface area contributed by atoms with E-state index in [2.05, 4.69) is 60.3 Å². The highest BCUT2D eigenvalue weighted by atomic mass is 16.1. The third-order valence-electron chi connectivity index (χ3n) is 4.60. The van der Waals surface area contributed by atoms with E-state index in [1.807, 2.05) is 0 Å². The summed E-state index contributed by atoms with van der Waals surface area (Å²) < 4.78 is 0. The molecule has 0 unspecified atom stereocenters. The normalized spacial score (nSPS) is 16.5. The van der Waals surface area contributed by atoms with E-state index in [0.717, 1.165) is 57.7 Å². The first-order chi connectivity index (χ1) is 11.5. The van der Waals surface area contributed by atoms with E-state index < -0.39 is 0 Å². The summed E-state index contributed by atoms with van der Waals surface area (Å²) >= 11 is 0. The van der Waals surface area contributed by atoms with Crippen LogP contribution in [0.4, 0.5) is 0 Å². The van der Waals surface area contributed by atoms with Gasteiger partial charge in [-0.25, -0.2) is 0 Å². The molecule has 1 amide bonds. The van der Waals surface area contributed by atoms with Gasteiger partial charge < -0.3 is 15.1 Å². The molecule has 0 spiro atoms. The summed E-state index contributed by atoms with van der Waals surface area (Å²) in [6.07, 6.45) is 2.61. The molecule has 1 heterocycles. The van der Waals surface area contributed by atoms with Crippen molar-refractivity contribution in [3.05, 3.63) is 35.4 Å². The standard InChI is InChI=1S/C20H33N3O/c1-17(2)15-18-5-7-19(8-6-18)16-20(24)21-9-4-10-23-13-11-22(3)12-14-23/h5-8,17H,4,9-16H2,1-3H3,(H,21,24). The van der Waals surface area contributed by atoms with Gasteiger partial charge >= 0.3 is 0 Å². The molecule has 4 heteroatoms. The Labute approximate surface area is 147 Å². The minimum Gasteiger partial charge on any atom is -0.356 e. The molecule has 0 saturated carbocycles. The fraction of sp³-hybridized carbons (Fsp3) is 0.650. The number of benzene rings is 1. The van der Waals surface area contributed by atoms with Crippen molar-refractivity contribution in [1.29, 1.82) is 0 Å². The second kappa shape index (κ2) is 9.80. The Morgan fingerprint density at radius 2 is 1.71 bits per heavy atom. The molecule has 0 radical (unpaired) electrons. The van der Waals surface area contributed by atoms with Crippen molar-refractivity contribution >= 4 is 5.91 Å². The van der Waals surface area contributed by atoms with Crippen molar-refractivity contribution in [3.63, 3.8) is 0 Å². The van der Waals surface area contributed by atoms with E-state index in [1.54, 1.807) is 0 Å². The van der Waals surface area contributed by atoms with Gasteiger partial charge in [0.15, 0.2) is 0 Å². The highest BCUT2D eigenvalue weighted by molar-refractivity contribution is 5.78. The number of nitrogens with one attached hydrogen (secondary N) is 1. The van der Waals surface area contributed by atoms with E-state index in [4.69, 9.17) is 0 Å². The molecule has 1 aliphatic rings. The van der Waals surface area contributed by atoms with Gasteiger partial charge in [-0.1, -0.05) is 38.1 Å². The van der Waals surface area contributed by atoms with Crippen molar-refractivity contribution in [2.75, 3.05) is 46.3 Å². The molecule has 1 N–H and O–H groups in total. The molecule has 2 rings (SSSR count). The molecule has 4 nitrogen and oxygen atoms in total. The molecular weight excluding hydrogens is 298 g/mol. The second-order valence-electron chi connectivity index (χ2n) is 7.44. The van der Waals surface area contributed by atoms with Crippen LogP contribution in [0.1, 0.15) is 31.4 Å². The zero-order chi connectivity index (χ0) is 17.4. The van der Waals surface area contributed by atoms with E-state index in [9.17, 15) is 4.79 Å². The van der Waals surface area contributed by atoms with Crippen LogP contribution in [0.15, 0.2) is 24.3 Å². The second-order valence-corrected chi connectivity index (χ2v) is 7.44. The number of hydrogen-bond acceptors (Lipinski definition) is 3. The lowest BCUT2D eigenvalue weighted by atomic mass is 10.0. The highest BCUT2D eigenvalue weighted by Gasteiger charge is 2.12. The Hall–Kier alpha value is -1.39.